The predicted molar refractivity (Wildman–Crippen MR) is 142 cm³/mol. The van der Waals surface area contributed by atoms with E-state index in [-0.39, 0.29) is 12.6 Å². The van der Waals surface area contributed by atoms with E-state index in [2.05, 4.69) is 11.9 Å². The second-order valence-corrected chi connectivity index (χ2v) is 11.4. The number of hydrogen-bond donors (Lipinski definition) is 0. The smallest absolute Gasteiger partial charge is 0.406 e. The van der Waals surface area contributed by atoms with Crippen LogP contribution in [0.15, 0.2) is 52.3 Å². The molecule has 3 aromatic heterocycles. The van der Waals surface area contributed by atoms with E-state index >= 15 is 0 Å². The van der Waals surface area contributed by atoms with Gasteiger partial charge in [-0.25, -0.2) is 4.79 Å². The average molecular weight is 564 g/mol. The van der Waals surface area contributed by atoms with Crippen LogP contribution in [0.4, 0.5) is 13.2 Å². The van der Waals surface area contributed by atoms with Gasteiger partial charge in [-0.05, 0) is 61.9 Å². The number of nitrogens with zero attached hydrogens (tertiary/aromatic N) is 3. The highest BCUT2D eigenvalue weighted by molar-refractivity contribution is 7.19. The van der Waals surface area contributed by atoms with Crippen LogP contribution in [-0.2, 0) is 13.1 Å². The number of thiophene rings is 1. The van der Waals surface area contributed by atoms with Crippen molar-refractivity contribution in [1.29, 1.82) is 0 Å². The van der Waals surface area contributed by atoms with Crippen LogP contribution in [0.2, 0.25) is 5.02 Å². The maximum atomic E-state index is 12.9. The van der Waals surface area contributed by atoms with Crippen LogP contribution in [0.5, 0.6) is 5.75 Å². The first-order chi connectivity index (χ1) is 18.0. The summed E-state index contributed by atoms with van der Waals surface area (Å²) in [6.07, 6.45) is 1.13. The van der Waals surface area contributed by atoms with Gasteiger partial charge in [0.2, 0.25) is 0 Å². The van der Waals surface area contributed by atoms with Gasteiger partial charge in [-0.15, -0.1) is 11.3 Å². The van der Waals surface area contributed by atoms with Crippen molar-refractivity contribution in [2.45, 2.75) is 58.5 Å². The highest BCUT2D eigenvalue weighted by atomic mass is 35.5. The number of hydrogen-bond acceptors (Lipinski definition) is 5. The number of benzene rings is 1. The van der Waals surface area contributed by atoms with E-state index in [1.165, 1.54) is 11.3 Å². The molecule has 4 aromatic rings. The van der Waals surface area contributed by atoms with Gasteiger partial charge in [0.05, 0.1) is 22.9 Å². The number of ether oxygens (including phenoxy) is 1. The van der Waals surface area contributed by atoms with Crippen LogP contribution in [0, 0.1) is 12.8 Å². The Morgan fingerprint density at radius 3 is 2.66 bits per heavy atom. The zero-order chi connectivity index (χ0) is 27.2. The fourth-order valence-corrected chi connectivity index (χ4v) is 6.37. The summed E-state index contributed by atoms with van der Waals surface area (Å²) in [4.78, 5) is 30.1. The minimum absolute atomic E-state index is 0.115. The topological polar surface area (TPSA) is 66.1 Å². The van der Waals surface area contributed by atoms with Crippen LogP contribution < -0.4 is 16.0 Å². The van der Waals surface area contributed by atoms with Gasteiger partial charge in [0.15, 0.2) is 0 Å². The van der Waals surface area contributed by atoms with Gasteiger partial charge in [-0.2, -0.15) is 13.2 Å². The van der Waals surface area contributed by atoms with Crippen molar-refractivity contribution in [3.8, 4) is 16.9 Å². The molecule has 0 radical (unpaired) electrons. The number of alkyl halides is 3. The molecule has 1 saturated carbocycles. The maximum absolute atomic E-state index is 12.9. The second kappa shape index (κ2) is 10.2. The quantitative estimate of drug-likeness (QED) is 0.271. The van der Waals surface area contributed by atoms with Crippen molar-refractivity contribution < 1.29 is 17.9 Å². The molecule has 0 aliphatic heterocycles. The lowest BCUT2D eigenvalue weighted by atomic mass is 10.0. The number of pyridine rings is 1. The lowest BCUT2D eigenvalue weighted by Gasteiger charge is -2.20. The van der Waals surface area contributed by atoms with E-state index in [1.807, 2.05) is 25.1 Å². The molecule has 0 unspecified atom stereocenters. The molecule has 0 N–H and O–H groups in total. The zero-order valence-electron chi connectivity index (χ0n) is 20.7. The van der Waals surface area contributed by atoms with E-state index in [1.54, 1.807) is 12.3 Å². The third kappa shape index (κ3) is 5.51. The molecule has 0 saturated heterocycles. The Morgan fingerprint density at radius 1 is 1.16 bits per heavy atom. The van der Waals surface area contributed by atoms with E-state index in [4.69, 9.17) is 16.3 Å². The Hall–Kier alpha value is -3.11. The Kier molecular flexibility index (Phi) is 7.13. The Labute approximate surface area is 225 Å². The summed E-state index contributed by atoms with van der Waals surface area (Å²) in [5.41, 5.74) is 1.51. The zero-order valence-corrected chi connectivity index (χ0v) is 22.3. The van der Waals surface area contributed by atoms with E-state index in [9.17, 15) is 22.8 Å². The fourth-order valence-electron chi connectivity index (χ4n) is 4.96. The van der Waals surface area contributed by atoms with Crippen LogP contribution in [0.25, 0.3) is 21.3 Å². The Bertz CT molecular complexity index is 1630. The van der Waals surface area contributed by atoms with Gasteiger partial charge in [0.25, 0.3) is 5.56 Å². The van der Waals surface area contributed by atoms with Crippen LogP contribution >= 0.6 is 22.9 Å². The maximum Gasteiger partial charge on any atom is 0.406 e. The molecular formula is C27H25ClF3N3O3S. The first-order valence-corrected chi connectivity index (χ1v) is 13.4. The van der Waals surface area contributed by atoms with E-state index in [0.717, 1.165) is 63.2 Å². The summed E-state index contributed by atoms with van der Waals surface area (Å²) in [5, 5.41) is 0.562. The molecule has 0 amide bonds. The molecule has 38 heavy (non-hydrogen) atoms. The molecule has 1 aliphatic carbocycles. The lowest BCUT2D eigenvalue weighted by Crippen LogP contribution is -2.41. The third-order valence-corrected chi connectivity index (χ3v) is 8.09. The first-order valence-electron chi connectivity index (χ1n) is 12.2. The molecule has 5 rings (SSSR count). The molecule has 0 bridgehead atoms. The van der Waals surface area contributed by atoms with Crippen molar-refractivity contribution >= 4 is 33.2 Å². The number of aryl methyl sites for hydroxylation is 1. The number of rotatable bonds is 6. The molecule has 1 aliphatic rings. The number of aromatic nitrogens is 3. The van der Waals surface area contributed by atoms with Crippen LogP contribution in [-0.4, -0.2) is 26.4 Å². The molecule has 2 atom stereocenters. The molecule has 11 heteroatoms. The van der Waals surface area contributed by atoms with Gasteiger partial charge >= 0.3 is 11.9 Å². The molecule has 200 valence electrons. The van der Waals surface area contributed by atoms with Gasteiger partial charge in [-0.1, -0.05) is 18.5 Å². The highest BCUT2D eigenvalue weighted by Gasteiger charge is 2.29. The van der Waals surface area contributed by atoms with Crippen molar-refractivity contribution in [3.05, 3.63) is 79.0 Å². The number of fused-ring (bicyclic) bond motifs is 1. The largest absolute Gasteiger partial charge is 0.489 e. The monoisotopic (exact) mass is 563 g/mol. The summed E-state index contributed by atoms with van der Waals surface area (Å²) >= 11 is 7.77. The van der Waals surface area contributed by atoms with Gasteiger partial charge in [0, 0.05) is 39.5 Å². The highest BCUT2D eigenvalue weighted by Crippen LogP contribution is 2.43. The molecule has 1 aromatic carbocycles. The molecule has 6 nitrogen and oxygen atoms in total. The summed E-state index contributed by atoms with van der Waals surface area (Å²) in [7, 11) is 0. The molecule has 1 fully saturated rings. The second-order valence-electron chi connectivity index (χ2n) is 9.81. The average Bonchev–Trinajstić information content (AvgIpc) is 3.44. The van der Waals surface area contributed by atoms with Crippen LogP contribution in [0.1, 0.15) is 36.6 Å². The summed E-state index contributed by atoms with van der Waals surface area (Å²) in [6, 6.07) is 8.29. The Morgan fingerprint density at radius 2 is 1.95 bits per heavy atom. The first kappa shape index (κ1) is 26.5. The minimum Gasteiger partial charge on any atom is -0.489 e. The van der Waals surface area contributed by atoms with Crippen molar-refractivity contribution in [1.82, 2.24) is 14.1 Å². The van der Waals surface area contributed by atoms with E-state index in [0.29, 0.717) is 25.9 Å². The normalized spacial score (nSPS) is 17.8. The third-order valence-electron chi connectivity index (χ3n) is 6.73. The summed E-state index contributed by atoms with van der Waals surface area (Å²) in [6.45, 7) is 2.53. The van der Waals surface area contributed by atoms with Gasteiger partial charge in [0.1, 0.15) is 12.3 Å². The van der Waals surface area contributed by atoms with Crippen LogP contribution in [0.3, 0.4) is 0 Å². The lowest BCUT2D eigenvalue weighted by molar-refractivity contribution is -0.141. The number of halogens is 4. The molecule has 3 heterocycles. The van der Waals surface area contributed by atoms with Gasteiger partial charge < -0.3 is 4.74 Å². The summed E-state index contributed by atoms with van der Waals surface area (Å²) < 4.78 is 47.3. The SMILES string of the molecule is Cc1cc(Cl)cc(-c2ccnc3cc(Cn4c(=O)ccn(CC(F)(F)F)c4=O)sc23)c1O[C@@H]1CC[C@@H](C)C1. The van der Waals surface area contributed by atoms with E-state index < -0.39 is 24.0 Å². The molecule has 0 spiro atoms. The molecular weight excluding hydrogens is 539 g/mol. The summed E-state index contributed by atoms with van der Waals surface area (Å²) in [5.74, 6) is 1.36. The standard InChI is InChI=1S/C27H25ClF3N3O3S/c1-15-3-4-18(9-15)37-24-16(2)10-17(28)11-21(24)20-5-7-32-22-12-19(38-25(20)22)13-34-23(35)6-8-33(26(34)36)14-27(29,30)31/h5-8,10-12,15,18H,3-4,9,13-14H2,1-2H3/t15-,18-/m1/s1. The van der Waals surface area contributed by atoms with Crippen molar-refractivity contribution in [2.24, 2.45) is 5.92 Å². The van der Waals surface area contributed by atoms with Crippen molar-refractivity contribution in [3.63, 3.8) is 0 Å². The Balaban J connectivity index is 1.55. The van der Waals surface area contributed by atoms with Gasteiger partial charge in [-0.3, -0.25) is 18.9 Å². The predicted octanol–water partition coefficient (Wildman–Crippen LogP) is 6.43. The van der Waals surface area contributed by atoms with Crippen molar-refractivity contribution in [2.75, 3.05) is 0 Å². The fraction of sp³-hybridized carbons (Fsp3) is 0.370. The minimum atomic E-state index is -4.59.